The molecule has 664 valence electrons. The summed E-state index contributed by atoms with van der Waals surface area (Å²) >= 11 is 0. The number of primary amides is 1. The first kappa shape index (κ1) is 102. The van der Waals surface area contributed by atoms with Gasteiger partial charge in [0.25, 0.3) is 0 Å². The molecule has 44 heteroatoms. The summed E-state index contributed by atoms with van der Waals surface area (Å²) in [6.45, 7) is 10.4. The Kier molecular flexibility index (Phi) is 44.2. The highest BCUT2D eigenvalue weighted by Crippen LogP contribution is 2.20. The average molecular weight is 1690 g/mol. The largest absolute Gasteiger partial charge is 0.481 e. The molecular formula is C76H120N24O20. The third kappa shape index (κ3) is 36.9. The molecule has 14 atom stereocenters. The van der Waals surface area contributed by atoms with Crippen molar-refractivity contribution in [3.05, 3.63) is 71.9 Å². The van der Waals surface area contributed by atoms with Crippen molar-refractivity contribution in [1.82, 2.24) is 90.1 Å². The predicted octanol–water partition coefficient (Wildman–Crippen LogP) is -6.66. The van der Waals surface area contributed by atoms with Gasteiger partial charge in [-0.25, -0.2) is 4.79 Å². The van der Waals surface area contributed by atoms with Crippen LogP contribution in [0.5, 0.6) is 0 Å². The number of aromatic nitrogens is 1. The summed E-state index contributed by atoms with van der Waals surface area (Å²) in [6, 6.07) is -5.24. The lowest BCUT2D eigenvalue weighted by molar-refractivity contribution is -0.143. The lowest BCUT2D eigenvalue weighted by Crippen LogP contribution is -2.61. The number of carbonyl (C=O) groups is 17. The van der Waals surface area contributed by atoms with Crippen LogP contribution in [-0.2, 0) is 94.3 Å². The van der Waals surface area contributed by atoms with Gasteiger partial charge in [0.1, 0.15) is 84.6 Å². The Bertz CT molecular complexity index is 4030. The number of rotatable bonds is 55. The molecule has 0 spiro atoms. The van der Waals surface area contributed by atoms with Gasteiger partial charge in [-0.15, -0.1) is 0 Å². The van der Waals surface area contributed by atoms with Gasteiger partial charge in [0.05, 0.1) is 13.2 Å². The zero-order chi connectivity index (χ0) is 90.0. The van der Waals surface area contributed by atoms with Crippen LogP contribution in [0.4, 0.5) is 0 Å². The number of aromatic amines is 1. The number of hydrogen-bond donors (Lipinski definition) is 27. The van der Waals surface area contributed by atoms with Crippen LogP contribution in [-0.4, -0.2) is 250 Å². The Labute approximate surface area is 693 Å². The highest BCUT2D eigenvalue weighted by Gasteiger charge is 2.38. The van der Waals surface area contributed by atoms with Gasteiger partial charge in [-0.05, 0) is 127 Å². The second-order valence-corrected chi connectivity index (χ2v) is 29.6. The number of amides is 15. The number of aliphatic hydroxyl groups excluding tert-OH is 1. The Balaban J connectivity index is 1.87. The number of guanidine groups is 2. The number of benzene rings is 2. The molecule has 3 rings (SSSR count). The summed E-state index contributed by atoms with van der Waals surface area (Å²) < 4.78 is 0. The maximum absolute atomic E-state index is 14.6. The van der Waals surface area contributed by atoms with E-state index in [1.54, 1.807) is 88.5 Å². The molecule has 2 aromatic carbocycles. The fraction of sp³-hybridized carbons (Fsp3) is 0.566. The molecule has 0 saturated heterocycles. The van der Waals surface area contributed by atoms with Crippen molar-refractivity contribution in [3.63, 3.8) is 0 Å². The van der Waals surface area contributed by atoms with Crippen LogP contribution in [0.2, 0.25) is 0 Å². The summed E-state index contributed by atoms with van der Waals surface area (Å²) in [5.41, 5.74) is 29.0. The lowest BCUT2D eigenvalue weighted by atomic mass is 10.0. The van der Waals surface area contributed by atoms with Crippen molar-refractivity contribution in [1.29, 1.82) is 10.8 Å². The molecule has 0 saturated carbocycles. The standard InChI is InChI=1S/C76H120N24O20/c1-38(2)32-53(70(115)99-56(37-101)72(117)95-52(74(119)120)25-27-57(79)102)98-67(112)50(24-17-31-85-76(82)83)92-61(106)42(7)90-73(118)60(39(3)4)100-64(109)43(8)89-69(114)55(34-45-36-86-47-21-13-12-20-46(45)47)97-63(108)41(6)87-65(110)48(22-14-15-29-77)94-71(116)54(33-44-18-10-9-11-19-44)96-62(107)40(5)88-66(111)49(23-16-30-84-75(80)81)93-68(113)51(26-28-59(104)105)91-58(103)35-78/h9-13,18-21,36,38-43,48-56,60,86,101H,14-17,22-35,37,77-78H2,1-8H3,(H2,79,102)(H,87,110)(H,88,111)(H,89,114)(H,90,118)(H,91,103)(H,92,106)(H,93,113)(H,94,116)(H,95,117)(H,96,107)(H,97,108)(H,98,112)(H,99,115)(H,100,109)(H,104,105)(H,119,120)(H4,80,81,84)(H4,82,83,85)/t40-,41-,42-,43-,48-,49-,50-,51-,52-,53-,54-,55-,56-,60-/m0/s1. The van der Waals surface area contributed by atoms with Crippen molar-refractivity contribution < 1.29 is 96.8 Å². The van der Waals surface area contributed by atoms with Gasteiger partial charge in [0.2, 0.25) is 88.6 Å². The smallest absolute Gasteiger partial charge is 0.326 e. The molecule has 0 radical (unpaired) electrons. The number of unbranched alkanes of at least 4 members (excludes halogenated alkanes) is 1. The number of aliphatic carboxylic acids is 2. The lowest BCUT2D eigenvalue weighted by Gasteiger charge is -2.28. The van der Waals surface area contributed by atoms with Crippen LogP contribution in [0.25, 0.3) is 10.9 Å². The van der Waals surface area contributed by atoms with E-state index in [0.29, 0.717) is 28.5 Å². The molecule has 0 bridgehead atoms. The van der Waals surface area contributed by atoms with Crippen LogP contribution >= 0.6 is 0 Å². The number of carboxylic acid groups (broad SMARTS) is 2. The monoisotopic (exact) mass is 1690 g/mol. The number of para-hydroxylation sites is 1. The van der Waals surface area contributed by atoms with E-state index in [-0.39, 0.29) is 95.7 Å². The summed E-state index contributed by atoms with van der Waals surface area (Å²) in [7, 11) is 0. The van der Waals surface area contributed by atoms with E-state index in [0.717, 1.165) is 0 Å². The quantitative estimate of drug-likeness (QED) is 0.0142. The summed E-state index contributed by atoms with van der Waals surface area (Å²) in [5.74, 6) is -18.5. The van der Waals surface area contributed by atoms with Crippen LogP contribution in [0, 0.1) is 22.7 Å². The van der Waals surface area contributed by atoms with Gasteiger partial charge in [0, 0.05) is 55.9 Å². The van der Waals surface area contributed by atoms with E-state index in [1.807, 2.05) is 0 Å². The second kappa shape index (κ2) is 52.2. The first-order valence-corrected chi connectivity index (χ1v) is 39.3. The molecule has 3 aromatic rings. The number of carboxylic acids is 2. The number of carbonyl (C=O) groups excluding carboxylic acids is 15. The van der Waals surface area contributed by atoms with E-state index in [2.05, 4.69) is 90.1 Å². The zero-order valence-electron chi connectivity index (χ0n) is 68.6. The van der Waals surface area contributed by atoms with Gasteiger partial charge < -0.3 is 134 Å². The van der Waals surface area contributed by atoms with Gasteiger partial charge in [-0.1, -0.05) is 76.2 Å². The first-order chi connectivity index (χ1) is 56.6. The van der Waals surface area contributed by atoms with Crippen molar-refractivity contribution in [2.45, 2.75) is 230 Å². The second-order valence-electron chi connectivity index (χ2n) is 29.6. The van der Waals surface area contributed by atoms with E-state index >= 15 is 0 Å². The number of hydrogen-bond acceptors (Lipinski definition) is 22. The maximum Gasteiger partial charge on any atom is 0.326 e. The third-order valence-electron chi connectivity index (χ3n) is 18.7. The molecule has 32 N–H and O–H groups in total. The number of nitrogens with one attached hydrogen (secondary N) is 19. The highest BCUT2D eigenvalue weighted by atomic mass is 16.4. The minimum atomic E-state index is -1.75. The van der Waals surface area contributed by atoms with Crippen LogP contribution in [0.3, 0.4) is 0 Å². The molecule has 0 unspecified atom stereocenters. The first-order valence-electron chi connectivity index (χ1n) is 39.3. The molecule has 1 heterocycles. The van der Waals surface area contributed by atoms with Gasteiger partial charge in [-0.3, -0.25) is 87.5 Å². The van der Waals surface area contributed by atoms with Crippen LogP contribution in [0.1, 0.15) is 144 Å². The third-order valence-corrected chi connectivity index (χ3v) is 18.7. The van der Waals surface area contributed by atoms with Crippen molar-refractivity contribution in [2.75, 3.05) is 32.8 Å². The number of H-pyrrole nitrogens is 1. The Morgan fingerprint density at radius 1 is 0.408 bits per heavy atom. The molecule has 0 aliphatic rings. The summed E-state index contributed by atoms with van der Waals surface area (Å²) in [4.78, 5) is 233. The fourth-order valence-corrected chi connectivity index (χ4v) is 11.9. The number of nitrogens with two attached hydrogens (primary N) is 5. The van der Waals surface area contributed by atoms with Crippen LogP contribution < -0.4 is 114 Å². The van der Waals surface area contributed by atoms with E-state index in [4.69, 9.17) is 39.5 Å². The van der Waals surface area contributed by atoms with Crippen molar-refractivity contribution in [3.8, 4) is 0 Å². The molecule has 0 aliphatic heterocycles. The van der Waals surface area contributed by atoms with Gasteiger partial charge >= 0.3 is 11.9 Å². The van der Waals surface area contributed by atoms with E-state index in [9.17, 15) is 96.8 Å². The van der Waals surface area contributed by atoms with Crippen LogP contribution in [0.15, 0.2) is 60.8 Å². The average Bonchev–Trinajstić information content (AvgIpc) is 1.74. The van der Waals surface area contributed by atoms with E-state index < -0.39 is 229 Å². The van der Waals surface area contributed by atoms with E-state index in [1.165, 1.54) is 27.7 Å². The molecule has 15 amide bonds. The Hall–Kier alpha value is -12.6. The fourth-order valence-electron chi connectivity index (χ4n) is 11.9. The number of aliphatic hydroxyl groups is 1. The Morgan fingerprint density at radius 3 is 1.27 bits per heavy atom. The normalized spacial score (nSPS) is 14.6. The Morgan fingerprint density at radius 2 is 0.800 bits per heavy atom. The summed E-state index contributed by atoms with van der Waals surface area (Å²) in [5, 5.41) is 85.0. The zero-order valence-corrected chi connectivity index (χ0v) is 68.6. The minimum Gasteiger partial charge on any atom is -0.481 e. The molecule has 44 nitrogen and oxygen atoms in total. The van der Waals surface area contributed by atoms with Crippen molar-refractivity contribution in [2.24, 2.45) is 40.5 Å². The minimum absolute atomic E-state index is 0.0335. The molecular weight excluding hydrogens is 1570 g/mol. The number of fused-ring (bicyclic) bond motifs is 1. The van der Waals surface area contributed by atoms with Gasteiger partial charge in [0.15, 0.2) is 11.9 Å². The SMILES string of the molecule is CC(C)C[C@H](NC(=O)[C@H](CCCNC(=N)N)NC(=O)[C@H](C)NC(=O)[C@@H](NC(=O)[C@H](C)NC(=O)[C@H](Cc1c[nH]c2ccccc12)NC(=O)[C@H](C)NC(=O)[C@H](CCCCN)NC(=O)[C@H](Cc1ccccc1)NC(=O)[C@H](C)NC(=O)[C@H](CCCNC(=N)N)NC(=O)[C@H](CCC(=O)O)NC(=O)CN)C(C)C)C(=O)N[C@@H](CO)C(=O)N[C@@H](CCC(N)=O)C(=O)O. The van der Waals surface area contributed by atoms with Gasteiger partial charge in [-0.2, -0.15) is 0 Å². The summed E-state index contributed by atoms with van der Waals surface area (Å²) in [6.07, 6.45) is -0.101. The molecule has 120 heavy (non-hydrogen) atoms. The molecule has 0 aliphatic carbocycles. The predicted molar refractivity (Wildman–Crippen MR) is 436 cm³/mol. The molecule has 1 aromatic heterocycles. The molecule has 0 fully saturated rings. The highest BCUT2D eigenvalue weighted by molar-refractivity contribution is 6.01. The topological polar surface area (TPSA) is 737 Å². The maximum atomic E-state index is 14.6. The van der Waals surface area contributed by atoms with Crippen molar-refractivity contribution >= 4 is 123 Å².